The van der Waals surface area contributed by atoms with Gasteiger partial charge in [0.2, 0.25) is 0 Å². The summed E-state index contributed by atoms with van der Waals surface area (Å²) in [5, 5.41) is 2.26. The van der Waals surface area contributed by atoms with E-state index < -0.39 is 17.8 Å². The van der Waals surface area contributed by atoms with Crippen LogP contribution in [0, 0.1) is 13.8 Å². The molecule has 0 radical (unpaired) electrons. The van der Waals surface area contributed by atoms with E-state index in [2.05, 4.69) is 37.2 Å². The van der Waals surface area contributed by atoms with Gasteiger partial charge in [0.15, 0.2) is 0 Å². The van der Waals surface area contributed by atoms with Gasteiger partial charge in [0.05, 0.1) is 5.69 Å². The van der Waals surface area contributed by atoms with Crippen LogP contribution in [0.5, 0.6) is 5.75 Å². The summed E-state index contributed by atoms with van der Waals surface area (Å²) in [6, 6.07) is 17.7. The average Bonchev–Trinajstić information content (AvgIpc) is 2.77. The number of benzene rings is 3. The highest BCUT2D eigenvalue weighted by molar-refractivity contribution is 9.10. The number of nitrogens with zero attached hydrogens (tertiary/aromatic N) is 1. The zero-order valence-electron chi connectivity index (χ0n) is 18.4. The molecule has 6 nitrogen and oxygen atoms in total. The number of halogens is 2. The Balaban J connectivity index is 1.69. The van der Waals surface area contributed by atoms with Crippen LogP contribution in [0.1, 0.15) is 22.3 Å². The Bertz CT molecular complexity index is 1350. The molecule has 4 amide bonds. The molecule has 0 atom stereocenters. The normalized spacial score (nSPS) is 15.0. The number of hydrogen-bond donors (Lipinski definition) is 1. The summed E-state index contributed by atoms with van der Waals surface area (Å²) in [5.41, 5.74) is 3.58. The first-order chi connectivity index (χ1) is 16.2. The maximum absolute atomic E-state index is 13.3. The molecule has 34 heavy (non-hydrogen) atoms. The molecule has 1 N–H and O–H groups in total. The maximum Gasteiger partial charge on any atom is 0.335 e. The van der Waals surface area contributed by atoms with E-state index in [9.17, 15) is 14.4 Å². The quantitative estimate of drug-likeness (QED) is 0.292. The van der Waals surface area contributed by atoms with E-state index in [1.807, 2.05) is 37.3 Å². The van der Waals surface area contributed by atoms with Crippen molar-refractivity contribution in [2.45, 2.75) is 20.5 Å². The van der Waals surface area contributed by atoms with Crippen molar-refractivity contribution in [3.63, 3.8) is 0 Å². The smallest absolute Gasteiger partial charge is 0.335 e. The van der Waals surface area contributed by atoms with Crippen molar-refractivity contribution >= 4 is 61.5 Å². The number of barbiturate groups is 1. The van der Waals surface area contributed by atoms with Crippen molar-refractivity contribution in [3.05, 3.63) is 97.4 Å². The first kappa shape index (κ1) is 23.9. The Morgan fingerprint density at radius 3 is 2.41 bits per heavy atom. The molecule has 0 aliphatic carbocycles. The van der Waals surface area contributed by atoms with Crippen molar-refractivity contribution in [1.82, 2.24) is 5.32 Å². The largest absolute Gasteiger partial charge is 0.488 e. The molecule has 3 aromatic carbocycles. The Kier molecular flexibility index (Phi) is 7.00. The van der Waals surface area contributed by atoms with Crippen LogP contribution in [-0.4, -0.2) is 17.8 Å². The van der Waals surface area contributed by atoms with Crippen LogP contribution in [0.2, 0.25) is 0 Å². The van der Waals surface area contributed by atoms with Crippen molar-refractivity contribution in [2.75, 3.05) is 4.90 Å². The van der Waals surface area contributed by atoms with Gasteiger partial charge < -0.3 is 4.74 Å². The molecule has 1 aliphatic rings. The van der Waals surface area contributed by atoms with E-state index in [0.717, 1.165) is 25.0 Å². The molecule has 4 rings (SSSR count). The van der Waals surface area contributed by atoms with Gasteiger partial charge in [-0.1, -0.05) is 61.7 Å². The molecule has 1 fully saturated rings. The number of anilines is 1. The molecule has 0 spiro atoms. The molecule has 8 heteroatoms. The van der Waals surface area contributed by atoms with E-state index >= 15 is 0 Å². The second-order valence-corrected chi connectivity index (χ2v) is 9.68. The van der Waals surface area contributed by atoms with Gasteiger partial charge in [-0.05, 0) is 67.4 Å². The number of nitrogens with one attached hydrogen (secondary N) is 1. The molecule has 3 aromatic rings. The van der Waals surface area contributed by atoms with E-state index in [4.69, 9.17) is 4.74 Å². The first-order valence-electron chi connectivity index (χ1n) is 10.4. The van der Waals surface area contributed by atoms with E-state index in [-0.39, 0.29) is 5.57 Å². The monoisotopic (exact) mass is 582 g/mol. The topological polar surface area (TPSA) is 75.7 Å². The number of hydrogen-bond acceptors (Lipinski definition) is 4. The second-order valence-electron chi connectivity index (χ2n) is 7.85. The number of aryl methyl sites for hydroxylation is 2. The van der Waals surface area contributed by atoms with Gasteiger partial charge in [-0.3, -0.25) is 14.9 Å². The maximum atomic E-state index is 13.3. The first-order valence-corrected chi connectivity index (χ1v) is 12.0. The minimum absolute atomic E-state index is 0.166. The summed E-state index contributed by atoms with van der Waals surface area (Å²) < 4.78 is 7.58. The third-order valence-corrected chi connectivity index (χ3v) is 6.24. The fraction of sp³-hybridized carbons (Fsp3) is 0.115. The SMILES string of the molecule is Cc1cccc(COc2ccc(Br)cc2/C=C2/C(=O)NC(=O)N(c3ccc(Br)cc3C)C2=O)c1. The van der Waals surface area contributed by atoms with Gasteiger partial charge in [0.25, 0.3) is 11.8 Å². The van der Waals surface area contributed by atoms with E-state index in [1.165, 1.54) is 6.08 Å². The predicted molar refractivity (Wildman–Crippen MR) is 138 cm³/mol. The lowest BCUT2D eigenvalue weighted by molar-refractivity contribution is -0.122. The Labute approximate surface area is 213 Å². The van der Waals surface area contributed by atoms with Crippen LogP contribution >= 0.6 is 31.9 Å². The highest BCUT2D eigenvalue weighted by atomic mass is 79.9. The van der Waals surface area contributed by atoms with Crippen molar-refractivity contribution in [3.8, 4) is 5.75 Å². The predicted octanol–water partition coefficient (Wildman–Crippen LogP) is 6.07. The Morgan fingerprint density at radius 2 is 1.68 bits per heavy atom. The van der Waals surface area contributed by atoms with Crippen LogP contribution in [0.25, 0.3) is 6.08 Å². The molecule has 172 valence electrons. The molecular formula is C26H20Br2N2O4. The number of carbonyl (C=O) groups excluding carboxylic acids is 3. The molecule has 1 saturated heterocycles. The fourth-order valence-electron chi connectivity index (χ4n) is 3.63. The minimum atomic E-state index is -0.789. The zero-order chi connectivity index (χ0) is 24.4. The van der Waals surface area contributed by atoms with E-state index in [0.29, 0.717) is 29.2 Å². The summed E-state index contributed by atoms with van der Waals surface area (Å²) in [7, 11) is 0. The Morgan fingerprint density at radius 1 is 0.941 bits per heavy atom. The molecule has 0 bridgehead atoms. The molecule has 0 saturated carbocycles. The van der Waals surface area contributed by atoms with Crippen molar-refractivity contribution in [1.29, 1.82) is 0 Å². The van der Waals surface area contributed by atoms with Gasteiger partial charge in [-0.15, -0.1) is 0 Å². The van der Waals surface area contributed by atoms with Crippen molar-refractivity contribution in [2.24, 2.45) is 0 Å². The summed E-state index contributed by atoms with van der Waals surface area (Å²) >= 11 is 6.81. The summed E-state index contributed by atoms with van der Waals surface area (Å²) in [6.45, 7) is 4.11. The van der Waals surface area contributed by atoms with Gasteiger partial charge in [-0.25, -0.2) is 9.69 Å². The Hall–Kier alpha value is -3.23. The van der Waals surface area contributed by atoms with Gasteiger partial charge in [-0.2, -0.15) is 0 Å². The average molecular weight is 584 g/mol. The number of amides is 4. The summed E-state index contributed by atoms with van der Waals surface area (Å²) in [6.07, 6.45) is 1.45. The summed E-state index contributed by atoms with van der Waals surface area (Å²) in [5.74, 6) is -0.963. The van der Waals surface area contributed by atoms with Crippen LogP contribution < -0.4 is 15.0 Å². The van der Waals surface area contributed by atoms with Crippen LogP contribution in [-0.2, 0) is 16.2 Å². The van der Waals surface area contributed by atoms with Crippen LogP contribution in [0.3, 0.4) is 0 Å². The summed E-state index contributed by atoms with van der Waals surface area (Å²) in [4.78, 5) is 39.5. The number of ether oxygens (including phenoxy) is 1. The minimum Gasteiger partial charge on any atom is -0.488 e. The van der Waals surface area contributed by atoms with Crippen LogP contribution in [0.4, 0.5) is 10.5 Å². The second kappa shape index (κ2) is 9.95. The van der Waals surface area contributed by atoms with Gasteiger partial charge in [0, 0.05) is 14.5 Å². The molecule has 1 heterocycles. The van der Waals surface area contributed by atoms with Gasteiger partial charge in [0.1, 0.15) is 17.9 Å². The van der Waals surface area contributed by atoms with Gasteiger partial charge >= 0.3 is 6.03 Å². The molecular weight excluding hydrogens is 564 g/mol. The van der Waals surface area contributed by atoms with Crippen LogP contribution in [0.15, 0.2) is 75.2 Å². The highest BCUT2D eigenvalue weighted by Crippen LogP contribution is 2.30. The lowest BCUT2D eigenvalue weighted by Crippen LogP contribution is -2.54. The standard InChI is InChI=1S/C26H20Br2N2O4/c1-15-4-3-5-17(10-15)14-34-23-9-7-20(28)12-18(23)13-21-24(31)29-26(33)30(25(21)32)22-8-6-19(27)11-16(22)2/h3-13H,14H2,1-2H3,(H,29,31,33)/b21-13-. The molecule has 0 aromatic heterocycles. The molecule has 1 aliphatic heterocycles. The third-order valence-electron chi connectivity index (χ3n) is 5.25. The fourth-order valence-corrected chi connectivity index (χ4v) is 4.48. The third kappa shape index (κ3) is 5.13. The molecule has 0 unspecified atom stereocenters. The lowest BCUT2D eigenvalue weighted by atomic mass is 10.0. The zero-order valence-corrected chi connectivity index (χ0v) is 21.6. The van der Waals surface area contributed by atoms with E-state index in [1.54, 1.807) is 37.3 Å². The highest BCUT2D eigenvalue weighted by Gasteiger charge is 2.37. The number of rotatable bonds is 5. The lowest BCUT2D eigenvalue weighted by Gasteiger charge is -2.27. The number of urea groups is 1. The number of imide groups is 2. The van der Waals surface area contributed by atoms with Crippen molar-refractivity contribution < 1.29 is 19.1 Å². The number of carbonyl (C=O) groups is 3.